The molecule has 1 N–H and O–H groups in total. The normalized spacial score (nSPS) is 10.8. The summed E-state index contributed by atoms with van der Waals surface area (Å²) in [6.07, 6.45) is 3.60. The third-order valence-corrected chi connectivity index (χ3v) is 3.97. The monoisotopic (exact) mass is 327 g/mol. The number of nitrogens with one attached hydrogen (secondary N) is 1. The molecule has 0 atom stereocenters. The summed E-state index contributed by atoms with van der Waals surface area (Å²) in [5.74, 6) is 1.35. The van der Waals surface area contributed by atoms with Crippen molar-refractivity contribution in [2.75, 3.05) is 5.32 Å². The van der Waals surface area contributed by atoms with Crippen molar-refractivity contribution in [2.24, 2.45) is 0 Å². The van der Waals surface area contributed by atoms with Crippen molar-refractivity contribution < 1.29 is 0 Å². The number of aryl methyl sites for hydroxylation is 2. The van der Waals surface area contributed by atoms with Gasteiger partial charge >= 0.3 is 0 Å². The van der Waals surface area contributed by atoms with Crippen LogP contribution < -0.4 is 5.32 Å². The van der Waals surface area contributed by atoms with Gasteiger partial charge in [0.1, 0.15) is 11.5 Å². The van der Waals surface area contributed by atoms with Crippen LogP contribution in [0.1, 0.15) is 11.3 Å². The fourth-order valence-electron chi connectivity index (χ4n) is 2.67. The van der Waals surface area contributed by atoms with E-state index in [2.05, 4.69) is 26.3 Å². The predicted molar refractivity (Wildman–Crippen MR) is 99.8 cm³/mol. The highest BCUT2D eigenvalue weighted by Gasteiger charge is 2.11. The van der Waals surface area contributed by atoms with Crippen LogP contribution in [0.4, 0.5) is 11.5 Å². The van der Waals surface area contributed by atoms with Gasteiger partial charge in [-0.05, 0) is 49.7 Å². The number of para-hydroxylation sites is 1. The van der Waals surface area contributed by atoms with Crippen LogP contribution in [0.5, 0.6) is 0 Å². The van der Waals surface area contributed by atoms with Crippen molar-refractivity contribution in [3.63, 3.8) is 0 Å². The number of rotatable bonds is 3. The van der Waals surface area contributed by atoms with Crippen molar-refractivity contribution in [2.45, 2.75) is 13.8 Å². The molecule has 3 aromatic heterocycles. The molecule has 122 valence electrons. The molecule has 0 saturated carbocycles. The van der Waals surface area contributed by atoms with E-state index in [4.69, 9.17) is 4.98 Å². The highest BCUT2D eigenvalue weighted by atomic mass is 15.1. The van der Waals surface area contributed by atoms with Crippen molar-refractivity contribution in [1.29, 1.82) is 0 Å². The van der Waals surface area contributed by atoms with Crippen LogP contribution in [0.2, 0.25) is 0 Å². The second-order valence-electron chi connectivity index (χ2n) is 5.90. The van der Waals surface area contributed by atoms with Gasteiger partial charge in [0.05, 0.1) is 16.9 Å². The highest BCUT2D eigenvalue weighted by Crippen LogP contribution is 2.27. The minimum atomic E-state index is 0.597. The topological polar surface area (TPSA) is 63.6 Å². The number of benzene rings is 1. The summed E-state index contributed by atoms with van der Waals surface area (Å²) in [6, 6.07) is 15.7. The Bertz CT molecular complexity index is 1040. The van der Waals surface area contributed by atoms with E-state index in [0.29, 0.717) is 5.82 Å². The van der Waals surface area contributed by atoms with Crippen LogP contribution in [0.25, 0.3) is 22.4 Å². The van der Waals surface area contributed by atoms with E-state index in [1.807, 2.05) is 62.5 Å². The average molecular weight is 327 g/mol. The molecule has 0 aliphatic carbocycles. The number of aromatic nitrogens is 4. The SMILES string of the molecule is Cc1cnc(C)c(Nc2nc(-c3ccccn3)nc3ccccc23)c1. The molecule has 1 aromatic carbocycles. The minimum Gasteiger partial charge on any atom is -0.338 e. The van der Waals surface area contributed by atoms with Gasteiger partial charge in [-0.25, -0.2) is 9.97 Å². The van der Waals surface area contributed by atoms with E-state index in [-0.39, 0.29) is 0 Å². The molecule has 0 amide bonds. The first-order valence-corrected chi connectivity index (χ1v) is 8.09. The zero-order valence-corrected chi connectivity index (χ0v) is 14.1. The largest absolute Gasteiger partial charge is 0.338 e. The average Bonchev–Trinajstić information content (AvgIpc) is 2.65. The standard InChI is InChI=1S/C20H17N5/c1-13-11-18(14(2)22-12-13)24-19-15-7-3-4-8-16(15)23-20(25-19)17-9-5-6-10-21-17/h3-12H,1-2H3,(H,23,24,25). The lowest BCUT2D eigenvalue weighted by molar-refractivity contribution is 1.15. The van der Waals surface area contributed by atoms with E-state index in [9.17, 15) is 0 Å². The Balaban J connectivity index is 1.88. The summed E-state index contributed by atoms with van der Waals surface area (Å²) in [4.78, 5) is 18.2. The maximum atomic E-state index is 4.72. The third kappa shape index (κ3) is 3.04. The van der Waals surface area contributed by atoms with Crippen molar-refractivity contribution in [1.82, 2.24) is 19.9 Å². The van der Waals surface area contributed by atoms with Crippen LogP contribution in [0.3, 0.4) is 0 Å². The minimum absolute atomic E-state index is 0.597. The lowest BCUT2D eigenvalue weighted by Crippen LogP contribution is -2.02. The summed E-state index contributed by atoms with van der Waals surface area (Å²) >= 11 is 0. The number of fused-ring (bicyclic) bond motifs is 1. The van der Waals surface area contributed by atoms with Crippen molar-refractivity contribution >= 4 is 22.4 Å². The number of hydrogen-bond acceptors (Lipinski definition) is 5. The molecule has 4 aromatic rings. The Kier molecular flexibility index (Phi) is 3.82. The third-order valence-electron chi connectivity index (χ3n) is 3.97. The van der Waals surface area contributed by atoms with E-state index in [1.165, 1.54) is 0 Å². The van der Waals surface area contributed by atoms with Gasteiger partial charge < -0.3 is 5.32 Å². The molecule has 0 fully saturated rings. The van der Waals surface area contributed by atoms with Crippen LogP contribution in [-0.4, -0.2) is 19.9 Å². The zero-order valence-electron chi connectivity index (χ0n) is 14.1. The summed E-state index contributed by atoms with van der Waals surface area (Å²) in [5, 5.41) is 4.39. The predicted octanol–water partition coefficient (Wildman–Crippen LogP) is 4.45. The van der Waals surface area contributed by atoms with E-state index >= 15 is 0 Å². The first-order chi connectivity index (χ1) is 12.2. The quantitative estimate of drug-likeness (QED) is 0.602. The molecular formula is C20H17N5. The molecule has 0 aliphatic heterocycles. The second kappa shape index (κ2) is 6.28. The molecular weight excluding hydrogens is 310 g/mol. The molecule has 25 heavy (non-hydrogen) atoms. The van der Waals surface area contributed by atoms with E-state index in [1.54, 1.807) is 6.20 Å². The molecule has 0 spiro atoms. The van der Waals surface area contributed by atoms with Crippen molar-refractivity contribution in [3.05, 3.63) is 72.2 Å². The van der Waals surface area contributed by atoms with Crippen LogP contribution in [0, 0.1) is 13.8 Å². The number of nitrogens with zero attached hydrogens (tertiary/aromatic N) is 4. The molecule has 0 radical (unpaired) electrons. The lowest BCUT2D eigenvalue weighted by Gasteiger charge is -2.12. The summed E-state index contributed by atoms with van der Waals surface area (Å²) in [6.45, 7) is 4.00. The van der Waals surface area contributed by atoms with Crippen molar-refractivity contribution in [3.8, 4) is 11.5 Å². The van der Waals surface area contributed by atoms with Gasteiger partial charge in [0.15, 0.2) is 5.82 Å². The van der Waals surface area contributed by atoms with Gasteiger partial charge in [-0.3, -0.25) is 9.97 Å². The first-order valence-electron chi connectivity index (χ1n) is 8.09. The van der Waals surface area contributed by atoms with Crippen LogP contribution in [0.15, 0.2) is 60.9 Å². The van der Waals surface area contributed by atoms with Gasteiger partial charge in [-0.2, -0.15) is 0 Å². The smallest absolute Gasteiger partial charge is 0.180 e. The van der Waals surface area contributed by atoms with Gasteiger partial charge in [0.2, 0.25) is 0 Å². The molecule has 4 rings (SSSR count). The number of anilines is 2. The zero-order chi connectivity index (χ0) is 17.2. The highest BCUT2D eigenvalue weighted by molar-refractivity contribution is 5.92. The maximum Gasteiger partial charge on any atom is 0.180 e. The van der Waals surface area contributed by atoms with Crippen LogP contribution in [-0.2, 0) is 0 Å². The molecule has 5 heteroatoms. The second-order valence-corrected chi connectivity index (χ2v) is 5.90. The Hall–Kier alpha value is -3.34. The van der Waals surface area contributed by atoms with E-state index < -0.39 is 0 Å². The fourth-order valence-corrected chi connectivity index (χ4v) is 2.67. The Morgan fingerprint density at radius 1 is 0.880 bits per heavy atom. The molecule has 0 unspecified atom stereocenters. The van der Waals surface area contributed by atoms with Gasteiger partial charge in [-0.1, -0.05) is 18.2 Å². The first kappa shape index (κ1) is 15.2. The summed E-state index contributed by atoms with van der Waals surface area (Å²) < 4.78 is 0. The number of hydrogen-bond donors (Lipinski definition) is 1. The maximum absolute atomic E-state index is 4.72. The van der Waals surface area contributed by atoms with E-state index in [0.717, 1.165) is 39.4 Å². The Labute approximate surface area is 145 Å². The summed E-state index contributed by atoms with van der Waals surface area (Å²) in [7, 11) is 0. The lowest BCUT2D eigenvalue weighted by atomic mass is 10.2. The molecule has 0 bridgehead atoms. The summed E-state index contributed by atoms with van der Waals surface area (Å²) in [5.41, 5.74) is 4.58. The number of pyridine rings is 2. The molecule has 5 nitrogen and oxygen atoms in total. The van der Waals surface area contributed by atoms with Gasteiger partial charge in [-0.15, -0.1) is 0 Å². The van der Waals surface area contributed by atoms with Crippen LogP contribution >= 0.6 is 0 Å². The van der Waals surface area contributed by atoms with Gasteiger partial charge in [0.25, 0.3) is 0 Å². The molecule has 3 heterocycles. The Morgan fingerprint density at radius 3 is 2.56 bits per heavy atom. The Morgan fingerprint density at radius 2 is 1.72 bits per heavy atom. The van der Waals surface area contributed by atoms with Gasteiger partial charge in [0, 0.05) is 17.8 Å². The molecule has 0 aliphatic rings. The fraction of sp³-hybridized carbons (Fsp3) is 0.100. The molecule has 0 saturated heterocycles.